The van der Waals surface area contributed by atoms with E-state index in [1.54, 1.807) is 12.1 Å². The van der Waals surface area contributed by atoms with Gasteiger partial charge in [-0.2, -0.15) is 0 Å². The molecule has 0 fully saturated rings. The summed E-state index contributed by atoms with van der Waals surface area (Å²) in [6.07, 6.45) is 3.35. The number of nitrogens with zero attached hydrogens (tertiary/aromatic N) is 1. The number of hydrogen-bond acceptors (Lipinski definition) is 2. The minimum absolute atomic E-state index is 0.288. The fourth-order valence-electron chi connectivity index (χ4n) is 4.05. The van der Waals surface area contributed by atoms with Gasteiger partial charge in [0.1, 0.15) is 11.4 Å². The Hall–Kier alpha value is -4.44. The molecule has 0 radical (unpaired) electrons. The van der Waals surface area contributed by atoms with Gasteiger partial charge in [-0.25, -0.2) is 4.39 Å². The van der Waals surface area contributed by atoms with Crippen LogP contribution in [-0.4, -0.2) is 6.34 Å². The zero-order valence-corrected chi connectivity index (χ0v) is 23.3. The van der Waals surface area contributed by atoms with Gasteiger partial charge in [-0.1, -0.05) is 130 Å². The highest BCUT2D eigenvalue weighted by atomic mass is 19.1. The first-order chi connectivity index (χ1) is 18.8. The van der Waals surface area contributed by atoms with E-state index in [4.69, 9.17) is 11.5 Å². The van der Waals surface area contributed by atoms with E-state index in [0.29, 0.717) is 11.3 Å². The lowest BCUT2D eigenvalue weighted by Crippen LogP contribution is -2.28. The van der Waals surface area contributed by atoms with Crippen molar-refractivity contribution in [3.05, 3.63) is 162 Å². The van der Waals surface area contributed by atoms with Crippen LogP contribution >= 0.6 is 0 Å². The number of hydrogen-bond donors (Lipinski definition) is 2. The molecule has 4 N–H and O–H groups in total. The molecule has 0 aromatic heterocycles. The predicted octanol–water partition coefficient (Wildman–Crippen LogP) is 8.20. The molecule has 0 atom stereocenters. The smallest absolute Gasteiger partial charge is 0.133 e. The molecule has 0 saturated carbocycles. The van der Waals surface area contributed by atoms with Gasteiger partial charge >= 0.3 is 0 Å². The van der Waals surface area contributed by atoms with Crippen LogP contribution < -0.4 is 11.5 Å². The second-order valence-corrected chi connectivity index (χ2v) is 9.05. The third kappa shape index (κ3) is 8.82. The summed E-state index contributed by atoms with van der Waals surface area (Å²) in [5, 5.41) is 0. The second-order valence-electron chi connectivity index (χ2n) is 9.05. The number of benzene rings is 4. The number of aliphatic imine (C=N–C) groups is 1. The van der Waals surface area contributed by atoms with Gasteiger partial charge in [0.2, 0.25) is 0 Å². The topological polar surface area (TPSA) is 64.4 Å². The maximum absolute atomic E-state index is 12.4. The van der Waals surface area contributed by atoms with Crippen LogP contribution in [0.4, 0.5) is 4.39 Å². The monoisotopic (exact) mass is 521 g/mol. The average molecular weight is 522 g/mol. The van der Waals surface area contributed by atoms with E-state index >= 15 is 0 Å². The number of nitrogens with two attached hydrogens (primary N) is 2. The van der Waals surface area contributed by atoms with E-state index in [0.717, 1.165) is 29.5 Å². The third-order valence-electron chi connectivity index (χ3n) is 6.31. The molecule has 0 unspecified atom stereocenters. The first-order valence-electron chi connectivity index (χ1n) is 13.1. The fourth-order valence-corrected chi connectivity index (χ4v) is 4.05. The molecule has 0 bridgehead atoms. The Balaban J connectivity index is 0.000000233. The number of halogens is 1. The molecule has 0 aliphatic heterocycles. The zero-order chi connectivity index (χ0) is 28.7. The van der Waals surface area contributed by atoms with Crippen LogP contribution in [0.25, 0.3) is 5.70 Å². The summed E-state index contributed by atoms with van der Waals surface area (Å²) in [4.78, 5) is 4.62. The Labute approximate surface area is 233 Å². The second kappa shape index (κ2) is 15.7. The van der Waals surface area contributed by atoms with Crippen LogP contribution in [0, 0.1) is 12.7 Å². The summed E-state index contributed by atoms with van der Waals surface area (Å²) in [7, 11) is 0. The quantitative estimate of drug-likeness (QED) is 0.146. The molecule has 0 aliphatic carbocycles. The SMILES string of the molecule is C=C(CC)C(N=CN)(c1ccccc1)c1ccccc1.C=C(N)c1cccc(F)c1.CCc1ccc(C)cc1. The molecule has 4 aromatic carbocycles. The Morgan fingerprint density at radius 3 is 1.74 bits per heavy atom. The molecule has 39 heavy (non-hydrogen) atoms. The van der Waals surface area contributed by atoms with Crippen molar-refractivity contribution >= 4 is 12.0 Å². The van der Waals surface area contributed by atoms with Gasteiger partial charge in [0, 0.05) is 5.70 Å². The van der Waals surface area contributed by atoms with Crippen molar-refractivity contribution in [1.29, 1.82) is 0 Å². The minimum atomic E-state index is -0.605. The van der Waals surface area contributed by atoms with Crippen LogP contribution in [0.3, 0.4) is 0 Å². The van der Waals surface area contributed by atoms with E-state index in [1.807, 2.05) is 36.4 Å². The van der Waals surface area contributed by atoms with E-state index in [1.165, 1.54) is 29.6 Å². The summed E-state index contributed by atoms with van der Waals surface area (Å²) in [6.45, 7) is 14.1. The third-order valence-corrected chi connectivity index (χ3v) is 6.31. The van der Waals surface area contributed by atoms with Gasteiger partial charge in [0.15, 0.2) is 0 Å². The fraction of sp³-hybridized carbons (Fsp3) is 0.171. The van der Waals surface area contributed by atoms with Gasteiger partial charge in [-0.3, -0.25) is 4.99 Å². The highest BCUT2D eigenvalue weighted by Crippen LogP contribution is 2.40. The Morgan fingerprint density at radius 2 is 1.36 bits per heavy atom. The first kappa shape index (κ1) is 30.8. The van der Waals surface area contributed by atoms with Crippen LogP contribution in [0.5, 0.6) is 0 Å². The van der Waals surface area contributed by atoms with E-state index in [-0.39, 0.29) is 5.82 Å². The van der Waals surface area contributed by atoms with E-state index in [2.05, 4.69) is 87.5 Å². The van der Waals surface area contributed by atoms with Crippen LogP contribution in [-0.2, 0) is 12.0 Å². The highest BCUT2D eigenvalue weighted by molar-refractivity contribution is 5.60. The van der Waals surface area contributed by atoms with Crippen molar-refractivity contribution in [3.8, 4) is 0 Å². The van der Waals surface area contributed by atoms with Gasteiger partial charge in [0.25, 0.3) is 0 Å². The minimum Gasteiger partial charge on any atom is -0.399 e. The van der Waals surface area contributed by atoms with Crippen molar-refractivity contribution < 1.29 is 4.39 Å². The molecule has 4 aromatic rings. The Bertz CT molecular complexity index is 1290. The summed E-state index contributed by atoms with van der Waals surface area (Å²) < 4.78 is 12.4. The predicted molar refractivity (Wildman–Crippen MR) is 166 cm³/mol. The Morgan fingerprint density at radius 1 is 0.821 bits per heavy atom. The van der Waals surface area contributed by atoms with Crippen molar-refractivity contribution in [3.63, 3.8) is 0 Å². The molecule has 0 aliphatic rings. The Kier molecular flexibility index (Phi) is 12.4. The van der Waals surface area contributed by atoms with Crippen molar-refractivity contribution in [2.45, 2.75) is 39.2 Å². The lowest BCUT2D eigenvalue weighted by Gasteiger charge is -2.32. The van der Waals surface area contributed by atoms with Crippen LogP contribution in [0.1, 0.15) is 48.1 Å². The average Bonchev–Trinajstić information content (AvgIpc) is 2.97. The molecule has 202 valence electrons. The van der Waals surface area contributed by atoms with Crippen LogP contribution in [0.15, 0.2) is 133 Å². The molecule has 0 heterocycles. The molecular formula is C35H40FN3. The largest absolute Gasteiger partial charge is 0.399 e. The maximum Gasteiger partial charge on any atom is 0.133 e. The summed E-state index contributed by atoms with van der Waals surface area (Å²) in [5.74, 6) is -0.288. The highest BCUT2D eigenvalue weighted by Gasteiger charge is 2.35. The lowest BCUT2D eigenvalue weighted by atomic mass is 9.77. The van der Waals surface area contributed by atoms with E-state index in [9.17, 15) is 4.39 Å². The molecular weight excluding hydrogens is 481 g/mol. The molecule has 0 amide bonds. The summed E-state index contributed by atoms with van der Waals surface area (Å²) in [5.41, 5.74) is 17.3. The summed E-state index contributed by atoms with van der Waals surface area (Å²) >= 11 is 0. The molecule has 3 nitrogen and oxygen atoms in total. The van der Waals surface area contributed by atoms with Gasteiger partial charge in [-0.05, 0) is 59.7 Å². The number of rotatable bonds is 7. The summed E-state index contributed by atoms with van der Waals surface area (Å²) in [6, 6.07) is 35.0. The van der Waals surface area contributed by atoms with Crippen LogP contribution in [0.2, 0.25) is 0 Å². The zero-order valence-electron chi connectivity index (χ0n) is 23.3. The van der Waals surface area contributed by atoms with Gasteiger partial charge in [0.05, 0.1) is 6.34 Å². The maximum atomic E-state index is 12.4. The first-order valence-corrected chi connectivity index (χ1v) is 13.1. The molecule has 0 saturated heterocycles. The van der Waals surface area contributed by atoms with E-state index < -0.39 is 5.54 Å². The standard InChI is InChI=1S/C18H20N2.C9H12.C8H8FN/c1-3-15(2)18(20-14-19,16-10-6-4-7-11-16)17-12-8-5-9-13-17;1-3-9-6-4-8(2)5-7-9;1-6(10)7-3-2-4-8(9)5-7/h4-14H,2-3H2,1H3,(H2,19,20);4-7H,3H2,1-2H3;2-5H,1,10H2. The van der Waals surface area contributed by atoms with Crippen molar-refractivity contribution in [1.82, 2.24) is 0 Å². The normalized spacial score (nSPS) is 10.6. The molecule has 0 spiro atoms. The van der Waals surface area contributed by atoms with Crippen molar-refractivity contribution in [2.24, 2.45) is 16.5 Å². The molecule has 4 heteroatoms. The van der Waals surface area contributed by atoms with Crippen molar-refractivity contribution in [2.75, 3.05) is 0 Å². The van der Waals surface area contributed by atoms with Gasteiger partial charge < -0.3 is 11.5 Å². The lowest BCUT2D eigenvalue weighted by molar-refractivity contribution is 0.621. The van der Waals surface area contributed by atoms with Gasteiger partial charge in [-0.15, -0.1) is 0 Å². The molecule has 4 rings (SSSR count). The number of aryl methyl sites for hydroxylation is 2.